The Bertz CT molecular complexity index is 341. The number of hydrogen-bond acceptors (Lipinski definition) is 5. The highest BCUT2D eigenvalue weighted by molar-refractivity contribution is 6.11. The van der Waals surface area contributed by atoms with Crippen LogP contribution in [0.2, 0.25) is 0 Å². The van der Waals surface area contributed by atoms with E-state index in [1.54, 1.807) is 13.8 Å². The molecule has 0 spiro atoms. The maximum Gasteiger partial charge on any atom is 0.411 e. The molecule has 0 N–H and O–H groups in total. The second-order valence-electron chi connectivity index (χ2n) is 3.82. The van der Waals surface area contributed by atoms with Crippen molar-refractivity contribution in [2.75, 3.05) is 19.8 Å². The highest BCUT2D eigenvalue weighted by atomic mass is 16.6. The number of hydrogen-bond donors (Lipinski definition) is 0. The average Bonchev–Trinajstić information content (AvgIpc) is 2.58. The third kappa shape index (κ3) is 2.25. The van der Waals surface area contributed by atoms with Gasteiger partial charge in [-0.15, -0.1) is 0 Å². The van der Waals surface area contributed by atoms with Gasteiger partial charge in [-0.1, -0.05) is 0 Å². The summed E-state index contributed by atoms with van der Waals surface area (Å²) in [6, 6.07) is 0. The SMILES string of the molecule is CCOC(=O)N1CCC(=O)[C@@]1(C)C(=O)OCC. The lowest BCUT2D eigenvalue weighted by Crippen LogP contribution is -2.55. The predicted molar refractivity (Wildman–Crippen MR) is 58.4 cm³/mol. The zero-order valence-electron chi connectivity index (χ0n) is 10.3. The number of rotatable bonds is 3. The molecule has 6 nitrogen and oxygen atoms in total. The molecule has 1 fully saturated rings. The van der Waals surface area contributed by atoms with E-state index in [9.17, 15) is 14.4 Å². The number of likely N-dealkylation sites (tertiary alicyclic amines) is 1. The first kappa shape index (κ1) is 13.5. The number of nitrogens with zero attached hydrogens (tertiary/aromatic N) is 1. The van der Waals surface area contributed by atoms with Crippen LogP contribution in [0.4, 0.5) is 4.79 Å². The normalized spacial score (nSPS) is 23.7. The summed E-state index contributed by atoms with van der Waals surface area (Å²) in [4.78, 5) is 36.4. The van der Waals surface area contributed by atoms with E-state index in [4.69, 9.17) is 9.47 Å². The number of carbonyl (C=O) groups is 3. The van der Waals surface area contributed by atoms with Crippen LogP contribution in [0, 0.1) is 0 Å². The van der Waals surface area contributed by atoms with Crippen molar-refractivity contribution in [3.8, 4) is 0 Å². The first-order valence-corrected chi connectivity index (χ1v) is 5.63. The molecule has 0 bridgehead atoms. The van der Waals surface area contributed by atoms with Crippen molar-refractivity contribution in [3.63, 3.8) is 0 Å². The minimum absolute atomic E-state index is 0.147. The zero-order chi connectivity index (χ0) is 13.1. The fourth-order valence-electron chi connectivity index (χ4n) is 1.80. The maximum absolute atomic E-state index is 11.8. The second kappa shape index (κ2) is 5.16. The Labute approximate surface area is 99.9 Å². The Morgan fingerprint density at radius 3 is 2.41 bits per heavy atom. The van der Waals surface area contributed by atoms with Gasteiger partial charge < -0.3 is 9.47 Å². The monoisotopic (exact) mass is 243 g/mol. The molecule has 6 heteroatoms. The molecule has 0 unspecified atom stereocenters. The second-order valence-corrected chi connectivity index (χ2v) is 3.82. The molecule has 1 aliphatic rings. The molecule has 0 saturated carbocycles. The highest BCUT2D eigenvalue weighted by Gasteiger charge is 2.54. The van der Waals surface area contributed by atoms with Crippen LogP contribution in [-0.2, 0) is 19.1 Å². The standard InChI is InChI=1S/C11H17NO5/c1-4-16-9(14)11(3)8(13)6-7-12(11)10(15)17-5-2/h4-7H2,1-3H3/t11-/m0/s1. The third-order valence-corrected chi connectivity index (χ3v) is 2.81. The van der Waals surface area contributed by atoms with Gasteiger partial charge in [-0.3, -0.25) is 9.69 Å². The molecule has 1 heterocycles. The topological polar surface area (TPSA) is 72.9 Å². The van der Waals surface area contributed by atoms with Crippen LogP contribution < -0.4 is 0 Å². The van der Waals surface area contributed by atoms with Crippen molar-refractivity contribution < 1.29 is 23.9 Å². The minimum Gasteiger partial charge on any atom is -0.464 e. The first-order valence-electron chi connectivity index (χ1n) is 5.63. The minimum atomic E-state index is -1.54. The summed E-state index contributed by atoms with van der Waals surface area (Å²) in [6.45, 7) is 5.26. The molecule has 0 aromatic carbocycles. The van der Waals surface area contributed by atoms with Crippen LogP contribution >= 0.6 is 0 Å². The molecule has 0 radical (unpaired) electrons. The van der Waals surface area contributed by atoms with Gasteiger partial charge in [-0.2, -0.15) is 0 Å². The number of carbonyl (C=O) groups excluding carboxylic acids is 3. The van der Waals surface area contributed by atoms with E-state index in [2.05, 4.69) is 0 Å². The zero-order valence-corrected chi connectivity index (χ0v) is 10.3. The Hall–Kier alpha value is -1.59. The smallest absolute Gasteiger partial charge is 0.411 e. The Balaban J connectivity index is 2.94. The van der Waals surface area contributed by atoms with Gasteiger partial charge in [0, 0.05) is 13.0 Å². The Kier molecular flexibility index (Phi) is 4.09. The van der Waals surface area contributed by atoms with E-state index in [0.29, 0.717) is 0 Å². The summed E-state index contributed by atoms with van der Waals surface area (Å²) in [5, 5.41) is 0. The van der Waals surface area contributed by atoms with Crippen molar-refractivity contribution in [1.82, 2.24) is 4.90 Å². The molecule has 17 heavy (non-hydrogen) atoms. The van der Waals surface area contributed by atoms with Crippen molar-refractivity contribution >= 4 is 17.8 Å². The lowest BCUT2D eigenvalue weighted by molar-refractivity contribution is -0.157. The quantitative estimate of drug-likeness (QED) is 0.540. The van der Waals surface area contributed by atoms with Crippen LogP contribution in [-0.4, -0.2) is 48.0 Å². The van der Waals surface area contributed by atoms with Crippen LogP contribution in [0.3, 0.4) is 0 Å². The average molecular weight is 243 g/mol. The van der Waals surface area contributed by atoms with Crippen LogP contribution in [0.25, 0.3) is 0 Å². The van der Waals surface area contributed by atoms with Gasteiger partial charge in [0.15, 0.2) is 11.3 Å². The van der Waals surface area contributed by atoms with Gasteiger partial charge in [-0.05, 0) is 20.8 Å². The molecular formula is C11H17NO5. The van der Waals surface area contributed by atoms with E-state index in [-0.39, 0.29) is 32.0 Å². The van der Waals surface area contributed by atoms with Crippen molar-refractivity contribution in [1.29, 1.82) is 0 Å². The lowest BCUT2D eigenvalue weighted by atomic mass is 9.98. The summed E-state index contributed by atoms with van der Waals surface area (Å²) in [7, 11) is 0. The summed E-state index contributed by atoms with van der Waals surface area (Å²) in [5.74, 6) is -1.01. The predicted octanol–water partition coefficient (Wildman–Crippen LogP) is 0.739. The molecule has 1 saturated heterocycles. The van der Waals surface area contributed by atoms with Gasteiger partial charge in [0.1, 0.15) is 0 Å². The largest absolute Gasteiger partial charge is 0.464 e. The van der Waals surface area contributed by atoms with Crippen LogP contribution in [0.1, 0.15) is 27.2 Å². The molecule has 0 aliphatic carbocycles. The lowest BCUT2D eigenvalue weighted by Gasteiger charge is -2.30. The number of ether oxygens (including phenoxy) is 2. The summed E-state index contributed by atoms with van der Waals surface area (Å²) in [6.07, 6.45) is -0.511. The summed E-state index contributed by atoms with van der Waals surface area (Å²) >= 11 is 0. The number of amides is 1. The van der Waals surface area contributed by atoms with Gasteiger partial charge in [0.05, 0.1) is 13.2 Å². The molecule has 1 aliphatic heterocycles. The number of ketones is 1. The fourth-order valence-corrected chi connectivity index (χ4v) is 1.80. The van der Waals surface area contributed by atoms with Crippen molar-refractivity contribution in [3.05, 3.63) is 0 Å². The number of Topliss-reactive ketones (excluding diaryl/α,β-unsaturated/α-hetero) is 1. The van der Waals surface area contributed by atoms with E-state index in [1.807, 2.05) is 0 Å². The molecule has 0 aromatic rings. The van der Waals surface area contributed by atoms with Crippen LogP contribution in [0.15, 0.2) is 0 Å². The van der Waals surface area contributed by atoms with Crippen LogP contribution in [0.5, 0.6) is 0 Å². The summed E-state index contributed by atoms with van der Waals surface area (Å²) < 4.78 is 9.67. The van der Waals surface area contributed by atoms with E-state index in [1.165, 1.54) is 6.92 Å². The number of esters is 1. The van der Waals surface area contributed by atoms with E-state index >= 15 is 0 Å². The van der Waals surface area contributed by atoms with Gasteiger partial charge >= 0.3 is 12.1 Å². The van der Waals surface area contributed by atoms with E-state index < -0.39 is 17.6 Å². The van der Waals surface area contributed by atoms with Gasteiger partial charge in [0.2, 0.25) is 0 Å². The third-order valence-electron chi connectivity index (χ3n) is 2.81. The van der Waals surface area contributed by atoms with Crippen molar-refractivity contribution in [2.45, 2.75) is 32.7 Å². The molecular weight excluding hydrogens is 226 g/mol. The maximum atomic E-state index is 11.8. The highest BCUT2D eigenvalue weighted by Crippen LogP contribution is 2.27. The molecule has 0 aromatic heterocycles. The fraction of sp³-hybridized carbons (Fsp3) is 0.727. The van der Waals surface area contributed by atoms with E-state index in [0.717, 1.165) is 4.90 Å². The molecule has 1 atom stereocenters. The summed E-state index contributed by atoms with van der Waals surface area (Å²) in [5.41, 5.74) is -1.54. The Morgan fingerprint density at radius 2 is 1.88 bits per heavy atom. The first-order chi connectivity index (χ1) is 7.98. The van der Waals surface area contributed by atoms with Crippen molar-refractivity contribution in [2.24, 2.45) is 0 Å². The van der Waals surface area contributed by atoms with Gasteiger partial charge in [0.25, 0.3) is 0 Å². The molecule has 1 rings (SSSR count). The van der Waals surface area contributed by atoms with Gasteiger partial charge in [-0.25, -0.2) is 9.59 Å². The molecule has 96 valence electrons. The molecule has 1 amide bonds. The Morgan fingerprint density at radius 1 is 1.29 bits per heavy atom.